The molecule has 0 bridgehead atoms. The van der Waals surface area contributed by atoms with E-state index in [1.54, 1.807) is 6.20 Å². The fourth-order valence-electron chi connectivity index (χ4n) is 1.73. The van der Waals surface area contributed by atoms with Crippen molar-refractivity contribution in [2.24, 2.45) is 0 Å². The second-order valence-corrected chi connectivity index (χ2v) is 3.13. The summed E-state index contributed by atoms with van der Waals surface area (Å²) in [6.07, 6.45) is 5.81. The minimum atomic E-state index is 0.886. The maximum absolute atomic E-state index is 4.27. The fraction of sp³-hybridized carbons (Fsp3) is 0.100. The van der Waals surface area contributed by atoms with Gasteiger partial charge in [-0.15, -0.1) is 0 Å². The molecule has 3 rings (SSSR count). The number of nitrogens with one attached hydrogen (secondary N) is 2. The van der Waals surface area contributed by atoms with Crippen molar-refractivity contribution in [2.45, 2.75) is 6.54 Å². The van der Waals surface area contributed by atoms with Crippen molar-refractivity contribution < 1.29 is 0 Å². The van der Waals surface area contributed by atoms with Crippen LogP contribution >= 0.6 is 0 Å². The largest absolute Gasteiger partial charge is 0.387 e. The summed E-state index contributed by atoms with van der Waals surface area (Å²) < 4.78 is 0. The third-order valence-corrected chi connectivity index (χ3v) is 2.36. The van der Waals surface area contributed by atoms with E-state index in [2.05, 4.69) is 21.4 Å². The Hall–Kier alpha value is -1.77. The van der Waals surface area contributed by atoms with Crippen LogP contribution in [-0.2, 0) is 6.54 Å². The Kier molecular flexibility index (Phi) is 1.22. The fourth-order valence-corrected chi connectivity index (χ4v) is 1.73. The average Bonchev–Trinajstić information content (AvgIpc) is 2.56. The molecule has 2 aromatic heterocycles. The van der Waals surface area contributed by atoms with Gasteiger partial charge in [-0.2, -0.15) is 0 Å². The summed E-state index contributed by atoms with van der Waals surface area (Å²) in [4.78, 5) is 7.55. The van der Waals surface area contributed by atoms with Gasteiger partial charge in [0.2, 0.25) is 0 Å². The molecule has 0 saturated carbocycles. The van der Waals surface area contributed by atoms with E-state index in [1.165, 1.54) is 16.6 Å². The van der Waals surface area contributed by atoms with E-state index in [-0.39, 0.29) is 0 Å². The molecule has 3 heterocycles. The maximum Gasteiger partial charge on any atom is 0.138 e. The second-order valence-electron chi connectivity index (χ2n) is 3.13. The van der Waals surface area contributed by atoms with Gasteiger partial charge >= 0.3 is 0 Å². The van der Waals surface area contributed by atoms with Crippen LogP contribution in [0.2, 0.25) is 0 Å². The smallest absolute Gasteiger partial charge is 0.138 e. The maximum atomic E-state index is 4.27. The molecule has 3 heteroatoms. The molecule has 64 valence electrons. The van der Waals surface area contributed by atoms with Gasteiger partial charge in [-0.25, -0.2) is 4.98 Å². The van der Waals surface area contributed by atoms with Crippen molar-refractivity contribution in [3.05, 3.63) is 35.8 Å². The molecule has 2 N–H and O–H groups in total. The van der Waals surface area contributed by atoms with E-state index >= 15 is 0 Å². The number of fused-ring (bicyclic) bond motifs is 3. The van der Waals surface area contributed by atoms with Crippen molar-refractivity contribution in [1.82, 2.24) is 15.3 Å². The summed E-state index contributed by atoms with van der Waals surface area (Å²) in [7, 11) is 0. The quantitative estimate of drug-likeness (QED) is 0.632. The van der Waals surface area contributed by atoms with Crippen LogP contribution in [0, 0.1) is 0 Å². The first-order valence-corrected chi connectivity index (χ1v) is 4.30. The third-order valence-electron chi connectivity index (χ3n) is 2.36. The number of H-pyrrole nitrogens is 1. The molecule has 13 heavy (non-hydrogen) atoms. The van der Waals surface area contributed by atoms with Crippen molar-refractivity contribution in [2.75, 3.05) is 0 Å². The van der Waals surface area contributed by atoms with Gasteiger partial charge in [-0.05, 0) is 24.4 Å². The molecule has 3 nitrogen and oxygen atoms in total. The molecular formula is C10H9N3. The summed E-state index contributed by atoms with van der Waals surface area (Å²) in [5.41, 5.74) is 3.46. The van der Waals surface area contributed by atoms with Crippen LogP contribution in [0.5, 0.6) is 0 Å². The lowest BCUT2D eigenvalue weighted by atomic mass is 10.1. The number of pyridine rings is 1. The standard InChI is InChI=1S/C10H9N3/c1-2-7-8-6-11-5-3-9(8)13-10(7)12-4-1/h1-5,11H,6H2,(H,12,13). The molecule has 0 fully saturated rings. The van der Waals surface area contributed by atoms with E-state index in [0.29, 0.717) is 0 Å². The number of nitrogens with zero attached hydrogens (tertiary/aromatic N) is 1. The van der Waals surface area contributed by atoms with E-state index in [9.17, 15) is 0 Å². The lowest BCUT2D eigenvalue weighted by Gasteiger charge is -2.06. The van der Waals surface area contributed by atoms with Crippen molar-refractivity contribution in [1.29, 1.82) is 0 Å². The lowest BCUT2D eigenvalue weighted by Crippen LogP contribution is -2.08. The van der Waals surface area contributed by atoms with Gasteiger partial charge in [0.25, 0.3) is 0 Å². The van der Waals surface area contributed by atoms with Crippen LogP contribution in [0.3, 0.4) is 0 Å². The van der Waals surface area contributed by atoms with Crippen LogP contribution in [0.25, 0.3) is 17.1 Å². The van der Waals surface area contributed by atoms with Crippen LogP contribution < -0.4 is 5.32 Å². The van der Waals surface area contributed by atoms with E-state index in [4.69, 9.17) is 0 Å². The highest BCUT2D eigenvalue weighted by Crippen LogP contribution is 2.23. The number of hydrogen-bond donors (Lipinski definition) is 2. The molecule has 0 amide bonds. The third kappa shape index (κ3) is 0.869. The van der Waals surface area contributed by atoms with Gasteiger partial charge in [0.05, 0.1) is 0 Å². The van der Waals surface area contributed by atoms with Gasteiger partial charge in [0.15, 0.2) is 0 Å². The molecule has 0 atom stereocenters. The summed E-state index contributed by atoms with van der Waals surface area (Å²) in [6, 6.07) is 4.06. The van der Waals surface area contributed by atoms with E-state index < -0.39 is 0 Å². The summed E-state index contributed by atoms with van der Waals surface area (Å²) >= 11 is 0. The molecule has 0 aliphatic carbocycles. The molecule has 0 saturated heterocycles. The molecule has 0 unspecified atom stereocenters. The average molecular weight is 171 g/mol. The second kappa shape index (κ2) is 2.36. The number of aromatic amines is 1. The Labute approximate surface area is 75.5 Å². The van der Waals surface area contributed by atoms with Gasteiger partial charge < -0.3 is 10.3 Å². The molecule has 2 aromatic rings. The number of hydrogen-bond acceptors (Lipinski definition) is 2. The Morgan fingerprint density at radius 1 is 1.38 bits per heavy atom. The zero-order valence-corrected chi connectivity index (χ0v) is 7.04. The molecular weight excluding hydrogens is 162 g/mol. The molecule has 0 aromatic carbocycles. The molecule has 1 aliphatic heterocycles. The Balaban J connectivity index is 2.41. The van der Waals surface area contributed by atoms with Crippen LogP contribution in [0.1, 0.15) is 11.3 Å². The van der Waals surface area contributed by atoms with Crippen LogP contribution in [0.4, 0.5) is 0 Å². The van der Waals surface area contributed by atoms with Gasteiger partial charge in [0.1, 0.15) is 5.65 Å². The van der Waals surface area contributed by atoms with E-state index in [0.717, 1.165) is 12.2 Å². The molecule has 1 aliphatic rings. The van der Waals surface area contributed by atoms with Crippen LogP contribution in [-0.4, -0.2) is 9.97 Å². The number of aromatic nitrogens is 2. The Morgan fingerprint density at radius 3 is 3.38 bits per heavy atom. The zero-order valence-electron chi connectivity index (χ0n) is 7.04. The highest BCUT2D eigenvalue weighted by molar-refractivity contribution is 5.84. The van der Waals surface area contributed by atoms with Gasteiger partial charge in [-0.1, -0.05) is 0 Å². The Morgan fingerprint density at radius 2 is 2.38 bits per heavy atom. The SMILES string of the molecule is C1=Cc2[nH]c3ncccc3c2CN1. The first-order chi connectivity index (χ1) is 6.45. The van der Waals surface area contributed by atoms with E-state index in [1.807, 2.05) is 18.3 Å². The van der Waals surface area contributed by atoms with Crippen molar-refractivity contribution in [3.8, 4) is 0 Å². The zero-order chi connectivity index (χ0) is 8.67. The summed E-state index contributed by atoms with van der Waals surface area (Å²) in [5, 5.41) is 4.41. The lowest BCUT2D eigenvalue weighted by molar-refractivity contribution is 0.864. The predicted molar refractivity (Wildman–Crippen MR) is 52.0 cm³/mol. The molecule has 0 radical (unpaired) electrons. The van der Waals surface area contributed by atoms with Crippen LogP contribution in [0.15, 0.2) is 24.5 Å². The first-order valence-electron chi connectivity index (χ1n) is 4.30. The topological polar surface area (TPSA) is 40.7 Å². The minimum absolute atomic E-state index is 0.886. The van der Waals surface area contributed by atoms with Crippen molar-refractivity contribution >= 4 is 17.1 Å². The Bertz CT molecular complexity index is 482. The van der Waals surface area contributed by atoms with Gasteiger partial charge in [-0.3, -0.25) is 0 Å². The minimum Gasteiger partial charge on any atom is -0.387 e. The molecule has 0 spiro atoms. The summed E-state index contributed by atoms with van der Waals surface area (Å²) in [5.74, 6) is 0. The monoisotopic (exact) mass is 171 g/mol. The summed E-state index contributed by atoms with van der Waals surface area (Å²) in [6.45, 7) is 0.886. The predicted octanol–water partition coefficient (Wildman–Crippen LogP) is 1.64. The van der Waals surface area contributed by atoms with Gasteiger partial charge in [0, 0.05) is 29.4 Å². The highest BCUT2D eigenvalue weighted by atomic mass is 14.9. The first kappa shape index (κ1) is 6.71. The number of rotatable bonds is 0. The van der Waals surface area contributed by atoms with Crippen molar-refractivity contribution in [3.63, 3.8) is 0 Å². The highest BCUT2D eigenvalue weighted by Gasteiger charge is 2.10. The normalized spacial score (nSPS) is 14.2.